The molecule has 4 aromatic rings. The third-order valence-corrected chi connectivity index (χ3v) is 5.77. The van der Waals surface area contributed by atoms with Crippen LogP contribution in [0, 0.1) is 12.7 Å². The summed E-state index contributed by atoms with van der Waals surface area (Å²) in [5.41, 5.74) is 5.16. The Labute approximate surface area is 174 Å². The summed E-state index contributed by atoms with van der Waals surface area (Å²) in [4.78, 5) is 19.4. The molecule has 5 rings (SSSR count). The van der Waals surface area contributed by atoms with E-state index in [2.05, 4.69) is 41.8 Å². The average molecular weight is 399 g/mol. The minimum absolute atomic E-state index is 0.0135. The van der Waals surface area contributed by atoms with E-state index in [0.29, 0.717) is 19.5 Å². The zero-order valence-corrected chi connectivity index (χ0v) is 16.8. The first-order valence-electron chi connectivity index (χ1n) is 10.1. The molecule has 1 fully saturated rings. The van der Waals surface area contributed by atoms with Crippen LogP contribution in [0.1, 0.15) is 29.3 Å². The Hall–Kier alpha value is -3.47. The van der Waals surface area contributed by atoms with Gasteiger partial charge in [0.2, 0.25) is 5.91 Å². The van der Waals surface area contributed by atoms with E-state index in [9.17, 15) is 9.18 Å². The van der Waals surface area contributed by atoms with Crippen LogP contribution in [0.25, 0.3) is 11.0 Å². The second-order valence-electron chi connectivity index (χ2n) is 7.91. The highest BCUT2D eigenvalue weighted by Crippen LogP contribution is 2.33. The number of imidazole rings is 1. The fourth-order valence-corrected chi connectivity index (χ4v) is 4.20. The molecule has 1 aromatic heterocycles. The summed E-state index contributed by atoms with van der Waals surface area (Å²) in [5, 5.41) is 0. The van der Waals surface area contributed by atoms with Crippen molar-refractivity contribution < 1.29 is 9.18 Å². The first-order valence-corrected chi connectivity index (χ1v) is 10.1. The molecular formula is C25H22FN3O. The number of aryl methyl sites for hydroxylation is 1. The quantitative estimate of drug-likeness (QED) is 0.481. The first kappa shape index (κ1) is 18.6. The molecule has 0 radical (unpaired) electrons. The molecule has 1 unspecified atom stereocenters. The highest BCUT2D eigenvalue weighted by atomic mass is 19.1. The van der Waals surface area contributed by atoms with Crippen molar-refractivity contribution in [2.45, 2.75) is 25.8 Å². The van der Waals surface area contributed by atoms with Gasteiger partial charge in [0.25, 0.3) is 0 Å². The standard InChI is InChI=1S/C25H22FN3O/c1-17-6-8-18(9-7-17)15-29-23-5-3-2-4-22(23)27-25(29)19-14-24(30)28(16-19)21-12-10-20(26)11-13-21/h2-13,19H,14-16H2,1H3. The van der Waals surface area contributed by atoms with E-state index >= 15 is 0 Å². The van der Waals surface area contributed by atoms with E-state index in [-0.39, 0.29) is 17.6 Å². The highest BCUT2D eigenvalue weighted by molar-refractivity contribution is 5.96. The monoisotopic (exact) mass is 399 g/mol. The number of aromatic nitrogens is 2. The van der Waals surface area contributed by atoms with E-state index in [0.717, 1.165) is 22.5 Å². The van der Waals surface area contributed by atoms with Gasteiger partial charge >= 0.3 is 0 Å². The molecule has 1 aliphatic rings. The van der Waals surface area contributed by atoms with E-state index in [1.165, 1.54) is 23.3 Å². The number of para-hydroxylation sites is 2. The lowest BCUT2D eigenvalue weighted by Crippen LogP contribution is -2.24. The fourth-order valence-electron chi connectivity index (χ4n) is 4.20. The van der Waals surface area contributed by atoms with E-state index in [1.807, 2.05) is 18.2 Å². The summed E-state index contributed by atoms with van der Waals surface area (Å²) in [6.07, 6.45) is 0.397. The van der Waals surface area contributed by atoms with Gasteiger partial charge in [-0.2, -0.15) is 0 Å². The molecule has 1 atom stereocenters. The van der Waals surface area contributed by atoms with Gasteiger partial charge in [-0.05, 0) is 48.9 Å². The van der Waals surface area contributed by atoms with Crippen LogP contribution in [-0.4, -0.2) is 22.0 Å². The predicted molar refractivity (Wildman–Crippen MR) is 116 cm³/mol. The van der Waals surface area contributed by atoms with Crippen LogP contribution in [0.2, 0.25) is 0 Å². The smallest absolute Gasteiger partial charge is 0.227 e. The molecule has 0 spiro atoms. The number of rotatable bonds is 4. The van der Waals surface area contributed by atoms with Crippen LogP contribution < -0.4 is 4.90 Å². The van der Waals surface area contributed by atoms with Gasteiger partial charge in [-0.15, -0.1) is 0 Å². The van der Waals surface area contributed by atoms with Gasteiger partial charge in [-0.25, -0.2) is 9.37 Å². The maximum Gasteiger partial charge on any atom is 0.227 e. The van der Waals surface area contributed by atoms with Crippen molar-refractivity contribution in [2.75, 3.05) is 11.4 Å². The van der Waals surface area contributed by atoms with Crippen molar-refractivity contribution >= 4 is 22.6 Å². The number of anilines is 1. The lowest BCUT2D eigenvalue weighted by atomic mass is 10.1. The molecule has 2 heterocycles. The van der Waals surface area contributed by atoms with Gasteiger partial charge in [-0.1, -0.05) is 42.0 Å². The summed E-state index contributed by atoms with van der Waals surface area (Å²) in [6.45, 7) is 3.33. The van der Waals surface area contributed by atoms with Crippen LogP contribution in [0.4, 0.5) is 10.1 Å². The molecule has 30 heavy (non-hydrogen) atoms. The maximum absolute atomic E-state index is 13.3. The first-order chi connectivity index (χ1) is 14.6. The van der Waals surface area contributed by atoms with Crippen LogP contribution >= 0.6 is 0 Å². The number of carbonyl (C=O) groups is 1. The molecule has 1 saturated heterocycles. The third-order valence-electron chi connectivity index (χ3n) is 5.77. The summed E-state index contributed by atoms with van der Waals surface area (Å²) < 4.78 is 15.5. The van der Waals surface area contributed by atoms with Crippen molar-refractivity contribution in [3.8, 4) is 0 Å². The van der Waals surface area contributed by atoms with Crippen molar-refractivity contribution in [1.82, 2.24) is 9.55 Å². The number of benzene rings is 3. The van der Waals surface area contributed by atoms with Crippen molar-refractivity contribution in [3.05, 3.63) is 95.6 Å². The summed E-state index contributed by atoms with van der Waals surface area (Å²) in [5.74, 6) is 0.650. The number of amides is 1. The average Bonchev–Trinajstić information content (AvgIpc) is 3.31. The normalized spacial score (nSPS) is 16.5. The van der Waals surface area contributed by atoms with E-state index < -0.39 is 0 Å². The Morgan fingerprint density at radius 2 is 1.73 bits per heavy atom. The SMILES string of the molecule is Cc1ccc(Cn2c(C3CC(=O)N(c4ccc(F)cc4)C3)nc3ccccc32)cc1. The van der Waals surface area contributed by atoms with Crippen LogP contribution in [0.5, 0.6) is 0 Å². The number of halogens is 1. The number of carbonyl (C=O) groups excluding carboxylic acids is 1. The largest absolute Gasteiger partial charge is 0.323 e. The molecule has 1 amide bonds. The molecule has 150 valence electrons. The summed E-state index contributed by atoms with van der Waals surface area (Å²) >= 11 is 0. The number of fused-ring (bicyclic) bond motifs is 1. The summed E-state index contributed by atoms with van der Waals surface area (Å²) in [7, 11) is 0. The van der Waals surface area contributed by atoms with E-state index in [4.69, 9.17) is 4.98 Å². The van der Waals surface area contributed by atoms with Crippen LogP contribution in [-0.2, 0) is 11.3 Å². The minimum Gasteiger partial charge on any atom is -0.323 e. The summed E-state index contributed by atoms with van der Waals surface area (Å²) in [6, 6.07) is 22.7. The lowest BCUT2D eigenvalue weighted by molar-refractivity contribution is -0.117. The zero-order valence-electron chi connectivity index (χ0n) is 16.8. The van der Waals surface area contributed by atoms with Crippen molar-refractivity contribution in [1.29, 1.82) is 0 Å². The highest BCUT2D eigenvalue weighted by Gasteiger charge is 2.34. The van der Waals surface area contributed by atoms with Gasteiger partial charge < -0.3 is 9.47 Å². The van der Waals surface area contributed by atoms with Gasteiger partial charge in [0.05, 0.1) is 11.0 Å². The van der Waals surface area contributed by atoms with Gasteiger partial charge in [0.15, 0.2) is 0 Å². The topological polar surface area (TPSA) is 38.1 Å². The molecule has 5 heteroatoms. The molecule has 4 nitrogen and oxygen atoms in total. The third kappa shape index (κ3) is 3.36. The minimum atomic E-state index is -0.304. The molecule has 3 aromatic carbocycles. The van der Waals surface area contributed by atoms with Gasteiger partial charge in [-0.3, -0.25) is 4.79 Å². The number of nitrogens with zero attached hydrogens (tertiary/aromatic N) is 3. The Bertz CT molecular complexity index is 1210. The Kier molecular flexibility index (Phi) is 4.58. The molecule has 0 bridgehead atoms. The van der Waals surface area contributed by atoms with Crippen molar-refractivity contribution in [3.63, 3.8) is 0 Å². The molecule has 0 N–H and O–H groups in total. The van der Waals surface area contributed by atoms with Gasteiger partial charge in [0.1, 0.15) is 11.6 Å². The molecule has 0 aliphatic carbocycles. The Morgan fingerprint density at radius 3 is 2.50 bits per heavy atom. The lowest BCUT2D eigenvalue weighted by Gasteiger charge is -2.17. The molecular weight excluding hydrogens is 377 g/mol. The predicted octanol–water partition coefficient (Wildman–Crippen LogP) is 5.05. The second kappa shape index (κ2) is 7.41. The molecule has 0 saturated carbocycles. The fraction of sp³-hybridized carbons (Fsp3) is 0.200. The van der Waals surface area contributed by atoms with Gasteiger partial charge in [0, 0.05) is 31.1 Å². The van der Waals surface area contributed by atoms with Crippen LogP contribution in [0.3, 0.4) is 0 Å². The number of hydrogen-bond donors (Lipinski definition) is 0. The molecule has 1 aliphatic heterocycles. The van der Waals surface area contributed by atoms with Crippen LogP contribution in [0.15, 0.2) is 72.8 Å². The maximum atomic E-state index is 13.3. The Morgan fingerprint density at radius 1 is 1.00 bits per heavy atom. The van der Waals surface area contributed by atoms with E-state index in [1.54, 1.807) is 17.0 Å². The van der Waals surface area contributed by atoms with Crippen molar-refractivity contribution in [2.24, 2.45) is 0 Å². The zero-order chi connectivity index (χ0) is 20.7. The number of hydrogen-bond acceptors (Lipinski definition) is 2. The second-order valence-corrected chi connectivity index (χ2v) is 7.91. The Balaban J connectivity index is 1.51.